The molecule has 1 aliphatic rings. The highest BCUT2D eigenvalue weighted by Gasteiger charge is 2.15. The number of quaternary nitrogens is 1. The van der Waals surface area contributed by atoms with Gasteiger partial charge < -0.3 is 25.2 Å². The van der Waals surface area contributed by atoms with E-state index in [0.717, 1.165) is 55.4 Å². The van der Waals surface area contributed by atoms with Crippen LogP contribution in [0.3, 0.4) is 0 Å². The van der Waals surface area contributed by atoms with E-state index in [4.69, 9.17) is 4.74 Å². The number of hydrogen-bond donors (Lipinski definition) is 3. The van der Waals surface area contributed by atoms with Gasteiger partial charge in [-0.2, -0.15) is 0 Å². The second-order valence-corrected chi connectivity index (χ2v) is 7.94. The topological polar surface area (TPSA) is 75.1 Å². The molecule has 1 fully saturated rings. The van der Waals surface area contributed by atoms with Crippen LogP contribution in [-0.2, 0) is 20.7 Å². The Labute approximate surface area is 184 Å². The van der Waals surface area contributed by atoms with Gasteiger partial charge in [0.2, 0.25) is 0 Å². The molecule has 3 rings (SSSR count). The fraction of sp³-hybridized carbons (Fsp3) is 0.417. The van der Waals surface area contributed by atoms with Crippen LogP contribution >= 0.6 is 0 Å². The van der Waals surface area contributed by atoms with Crippen LogP contribution in [0.25, 0.3) is 0 Å². The summed E-state index contributed by atoms with van der Waals surface area (Å²) in [4.78, 5) is 27.6. The van der Waals surface area contributed by atoms with Crippen molar-refractivity contribution in [2.24, 2.45) is 0 Å². The van der Waals surface area contributed by atoms with Gasteiger partial charge in [0.25, 0.3) is 11.8 Å². The molecule has 166 valence electrons. The molecular weight excluding hydrogens is 392 g/mol. The van der Waals surface area contributed by atoms with Crippen molar-refractivity contribution in [2.45, 2.75) is 12.8 Å². The van der Waals surface area contributed by atoms with Crippen LogP contribution < -0.4 is 20.4 Å². The number of carbonyl (C=O) groups is 2. The van der Waals surface area contributed by atoms with Crippen molar-refractivity contribution < 1.29 is 19.2 Å². The summed E-state index contributed by atoms with van der Waals surface area (Å²) in [6.45, 7) is 4.41. The van der Waals surface area contributed by atoms with E-state index in [1.54, 1.807) is 0 Å². The molecular formula is C24H33N4O3+. The Balaban J connectivity index is 1.32. The van der Waals surface area contributed by atoms with E-state index >= 15 is 0 Å². The Bertz CT molecular complexity index is 820. The second kappa shape index (κ2) is 12.1. The fourth-order valence-electron chi connectivity index (χ4n) is 3.62. The maximum absolute atomic E-state index is 12.3. The van der Waals surface area contributed by atoms with E-state index in [0.29, 0.717) is 6.54 Å². The van der Waals surface area contributed by atoms with Crippen molar-refractivity contribution in [3.8, 4) is 0 Å². The summed E-state index contributed by atoms with van der Waals surface area (Å²) in [6, 6.07) is 18.1. The first kappa shape index (κ1) is 22.8. The molecule has 1 unspecified atom stereocenters. The minimum Gasteiger partial charge on any atom is -0.378 e. The fourth-order valence-corrected chi connectivity index (χ4v) is 3.62. The van der Waals surface area contributed by atoms with Gasteiger partial charge in [-0.25, -0.2) is 0 Å². The molecule has 2 aromatic rings. The van der Waals surface area contributed by atoms with E-state index in [1.807, 2.05) is 49.5 Å². The van der Waals surface area contributed by atoms with E-state index in [2.05, 4.69) is 27.7 Å². The third kappa shape index (κ3) is 8.03. The Morgan fingerprint density at radius 3 is 2.35 bits per heavy atom. The average Bonchev–Trinajstić information content (AvgIpc) is 2.78. The quantitative estimate of drug-likeness (QED) is 0.491. The molecule has 1 atom stereocenters. The molecule has 0 spiro atoms. The lowest BCUT2D eigenvalue weighted by Gasteiger charge is -2.28. The molecule has 0 saturated carbocycles. The molecule has 1 heterocycles. The summed E-state index contributed by atoms with van der Waals surface area (Å²) in [5.41, 5.74) is 3.17. The van der Waals surface area contributed by atoms with Gasteiger partial charge in [-0.3, -0.25) is 9.59 Å². The van der Waals surface area contributed by atoms with Crippen molar-refractivity contribution >= 4 is 23.2 Å². The Kier molecular flexibility index (Phi) is 8.87. The highest BCUT2D eigenvalue weighted by molar-refractivity contribution is 5.91. The molecule has 7 heteroatoms. The first-order valence-electron chi connectivity index (χ1n) is 10.9. The van der Waals surface area contributed by atoms with Crippen molar-refractivity contribution in [3.63, 3.8) is 0 Å². The number of carbonyl (C=O) groups excluding carboxylic acids is 2. The standard InChI is InChI=1S/C24H32N4O3/c1-27(18-23(29)25-13-5-8-20-6-3-2-4-7-20)19-24(30)26-21-9-11-22(12-10-21)28-14-16-31-17-15-28/h2-4,6-7,9-12H,5,8,13-19H2,1H3,(H,25,29)(H,26,30)/p+1. The minimum atomic E-state index is -0.103. The molecule has 1 saturated heterocycles. The number of benzene rings is 2. The number of likely N-dealkylation sites (N-methyl/N-ethyl adjacent to an activating group) is 1. The summed E-state index contributed by atoms with van der Waals surface area (Å²) in [7, 11) is 1.85. The molecule has 2 amide bonds. The number of morpholine rings is 1. The SMILES string of the molecule is C[NH+](CC(=O)NCCCc1ccccc1)CC(=O)Nc1ccc(N2CCOCC2)cc1. The number of rotatable bonds is 10. The molecule has 0 radical (unpaired) electrons. The highest BCUT2D eigenvalue weighted by Crippen LogP contribution is 2.18. The zero-order chi connectivity index (χ0) is 21.9. The van der Waals surface area contributed by atoms with Gasteiger partial charge >= 0.3 is 0 Å². The van der Waals surface area contributed by atoms with Crippen LogP contribution in [0.1, 0.15) is 12.0 Å². The van der Waals surface area contributed by atoms with Crippen molar-refractivity contribution in [3.05, 3.63) is 60.2 Å². The van der Waals surface area contributed by atoms with Gasteiger partial charge in [0.05, 0.1) is 20.3 Å². The van der Waals surface area contributed by atoms with Crippen LogP contribution in [0.15, 0.2) is 54.6 Å². The van der Waals surface area contributed by atoms with Gasteiger partial charge in [-0.1, -0.05) is 30.3 Å². The second-order valence-electron chi connectivity index (χ2n) is 7.94. The number of aryl methyl sites for hydroxylation is 1. The van der Waals surface area contributed by atoms with Crippen LogP contribution in [-0.4, -0.2) is 64.8 Å². The third-order valence-electron chi connectivity index (χ3n) is 5.26. The van der Waals surface area contributed by atoms with Gasteiger partial charge in [-0.15, -0.1) is 0 Å². The summed E-state index contributed by atoms with van der Waals surface area (Å²) >= 11 is 0. The largest absolute Gasteiger partial charge is 0.378 e. The number of amides is 2. The van der Waals surface area contributed by atoms with Crippen LogP contribution in [0.5, 0.6) is 0 Å². The summed E-state index contributed by atoms with van der Waals surface area (Å²) in [5, 5.41) is 5.85. The summed E-state index contributed by atoms with van der Waals surface area (Å²) < 4.78 is 5.38. The number of hydrogen-bond acceptors (Lipinski definition) is 4. The zero-order valence-electron chi connectivity index (χ0n) is 18.2. The summed E-state index contributed by atoms with van der Waals surface area (Å²) in [5.74, 6) is -0.137. The predicted molar refractivity (Wildman–Crippen MR) is 122 cm³/mol. The molecule has 7 nitrogen and oxygen atoms in total. The van der Waals surface area contributed by atoms with Crippen molar-refractivity contribution in [1.82, 2.24) is 5.32 Å². The lowest BCUT2D eigenvalue weighted by molar-refractivity contribution is -0.862. The summed E-state index contributed by atoms with van der Waals surface area (Å²) in [6.07, 6.45) is 1.84. The average molecular weight is 426 g/mol. The molecule has 3 N–H and O–H groups in total. The first-order chi connectivity index (χ1) is 15.1. The molecule has 31 heavy (non-hydrogen) atoms. The van der Waals surface area contributed by atoms with Crippen LogP contribution in [0.4, 0.5) is 11.4 Å². The molecule has 0 aliphatic carbocycles. The normalized spacial score (nSPS) is 14.7. The van der Waals surface area contributed by atoms with Gasteiger partial charge in [0, 0.05) is 31.0 Å². The molecule has 2 aromatic carbocycles. The van der Waals surface area contributed by atoms with Gasteiger partial charge in [0.15, 0.2) is 13.1 Å². The lowest BCUT2D eigenvalue weighted by Crippen LogP contribution is -3.11. The number of anilines is 2. The van der Waals surface area contributed by atoms with E-state index < -0.39 is 0 Å². The molecule has 0 bridgehead atoms. The molecule has 0 aromatic heterocycles. The molecule has 1 aliphatic heterocycles. The number of nitrogens with zero attached hydrogens (tertiary/aromatic N) is 1. The van der Waals surface area contributed by atoms with Gasteiger partial charge in [0.1, 0.15) is 0 Å². The highest BCUT2D eigenvalue weighted by atomic mass is 16.5. The maximum atomic E-state index is 12.3. The van der Waals surface area contributed by atoms with Crippen LogP contribution in [0.2, 0.25) is 0 Å². The Morgan fingerprint density at radius 2 is 1.65 bits per heavy atom. The van der Waals surface area contributed by atoms with Crippen molar-refractivity contribution in [1.29, 1.82) is 0 Å². The minimum absolute atomic E-state index is 0.0341. The Hall–Kier alpha value is -2.90. The van der Waals surface area contributed by atoms with Gasteiger partial charge in [-0.05, 0) is 42.7 Å². The Morgan fingerprint density at radius 1 is 0.968 bits per heavy atom. The van der Waals surface area contributed by atoms with E-state index in [-0.39, 0.29) is 24.9 Å². The smallest absolute Gasteiger partial charge is 0.279 e. The first-order valence-corrected chi connectivity index (χ1v) is 10.9. The van der Waals surface area contributed by atoms with E-state index in [1.165, 1.54) is 5.56 Å². The van der Waals surface area contributed by atoms with Crippen LogP contribution in [0, 0.1) is 0 Å². The number of nitrogens with one attached hydrogen (secondary N) is 3. The third-order valence-corrected chi connectivity index (χ3v) is 5.26. The number of ether oxygens (including phenoxy) is 1. The zero-order valence-corrected chi connectivity index (χ0v) is 18.2. The maximum Gasteiger partial charge on any atom is 0.279 e. The predicted octanol–water partition coefficient (Wildman–Crippen LogP) is 0.725. The van der Waals surface area contributed by atoms with Crippen molar-refractivity contribution in [2.75, 3.05) is 63.2 Å². The monoisotopic (exact) mass is 425 g/mol. The lowest BCUT2D eigenvalue weighted by atomic mass is 10.1. The van der Waals surface area contributed by atoms with E-state index in [9.17, 15) is 9.59 Å².